The summed E-state index contributed by atoms with van der Waals surface area (Å²) in [4.78, 5) is 35.0. The van der Waals surface area contributed by atoms with Gasteiger partial charge in [0.25, 0.3) is 5.69 Å². The summed E-state index contributed by atoms with van der Waals surface area (Å²) in [5, 5.41) is 24.3. The molecule has 0 aliphatic heterocycles. The van der Waals surface area contributed by atoms with Crippen molar-refractivity contribution in [1.82, 2.24) is 0 Å². The first-order valence-corrected chi connectivity index (χ1v) is 10.8. The van der Waals surface area contributed by atoms with Gasteiger partial charge < -0.3 is 14.2 Å². The Morgan fingerprint density at radius 1 is 1.14 bits per heavy atom. The van der Waals surface area contributed by atoms with Gasteiger partial charge in [-0.05, 0) is 49.4 Å². The molecule has 0 fully saturated rings. The number of anilines is 1. The van der Waals surface area contributed by atoms with Crippen LogP contribution in [0.2, 0.25) is 0 Å². The topological polar surface area (TPSA) is 150 Å². The van der Waals surface area contributed by atoms with Gasteiger partial charge in [-0.15, -0.1) is 4.91 Å². The van der Waals surface area contributed by atoms with Gasteiger partial charge in [-0.2, -0.15) is 0 Å². The van der Waals surface area contributed by atoms with Crippen LogP contribution < -0.4 is 15.0 Å². The first-order chi connectivity index (χ1) is 17.2. The number of rotatable bonds is 10. The number of hydrogen-bond acceptors (Lipinski definition) is 10. The van der Waals surface area contributed by atoms with Crippen LogP contribution in [0.4, 0.5) is 17.1 Å². The fourth-order valence-corrected chi connectivity index (χ4v) is 3.79. The van der Waals surface area contributed by atoms with Crippen molar-refractivity contribution in [1.29, 1.82) is 0 Å². The number of methoxy groups -OCH3 is 2. The number of nitroso groups, excluding NO2 is 1. The minimum atomic E-state index is -0.888. The number of allylic oxidation sites excluding steroid dienone is 1. The van der Waals surface area contributed by atoms with Crippen LogP contribution in [-0.4, -0.2) is 30.3 Å². The van der Waals surface area contributed by atoms with Crippen LogP contribution in [0.25, 0.3) is 10.8 Å². The summed E-state index contributed by atoms with van der Waals surface area (Å²) in [6.45, 7) is 3.78. The molecule has 11 heteroatoms. The second kappa shape index (κ2) is 11.3. The number of non-ortho nitro benzene ring substituents is 1. The maximum Gasteiger partial charge on any atom is 0.338 e. The molecule has 2 N–H and O–H groups in total. The highest BCUT2D eigenvalue weighted by Crippen LogP contribution is 2.48. The number of nitrogens with zero attached hydrogens (tertiary/aromatic N) is 2. The van der Waals surface area contributed by atoms with Crippen molar-refractivity contribution in [2.24, 2.45) is 5.18 Å². The van der Waals surface area contributed by atoms with E-state index in [0.717, 1.165) is 5.57 Å². The Hall–Kier alpha value is -4.51. The summed E-state index contributed by atoms with van der Waals surface area (Å²) >= 11 is 0. The lowest BCUT2D eigenvalue weighted by atomic mass is 9.96. The van der Waals surface area contributed by atoms with Gasteiger partial charge in [0.2, 0.25) is 0 Å². The smallest absolute Gasteiger partial charge is 0.338 e. The third-order valence-corrected chi connectivity index (χ3v) is 5.50. The standard InChI is InChI=1S/C25H25N3O8/c1-14(2)5-12-20(36-25(29)15-6-8-16(9-7-15)28(32)33)17-13-21(34-3)22-18(26-30)10-11-19(27-31)23(22)24(17)35-4/h5-11,13,20,26,30H,12H2,1-4H3/t20-/m0/s1. The molecular weight excluding hydrogens is 470 g/mol. The number of nitro benzene ring substituents is 1. The average Bonchev–Trinajstić information content (AvgIpc) is 2.89. The fraction of sp³-hybridized carbons (Fsp3) is 0.240. The van der Waals surface area contributed by atoms with Crippen LogP contribution in [0.15, 0.2) is 59.3 Å². The van der Waals surface area contributed by atoms with Gasteiger partial charge in [-0.1, -0.05) is 11.6 Å². The maximum atomic E-state index is 13.0. The quantitative estimate of drug-likeness (QED) is 0.110. The number of hydrogen-bond donors (Lipinski definition) is 2. The molecule has 0 aromatic heterocycles. The largest absolute Gasteiger partial charge is 0.496 e. The van der Waals surface area contributed by atoms with Crippen molar-refractivity contribution in [3.63, 3.8) is 0 Å². The summed E-state index contributed by atoms with van der Waals surface area (Å²) in [5.41, 5.74) is 3.70. The number of carbonyl (C=O) groups is 1. The van der Waals surface area contributed by atoms with Crippen LogP contribution in [-0.2, 0) is 4.74 Å². The number of carbonyl (C=O) groups excluding carboxylic acids is 1. The Balaban J connectivity index is 2.20. The van der Waals surface area contributed by atoms with Gasteiger partial charge in [0.1, 0.15) is 23.3 Å². The van der Waals surface area contributed by atoms with Gasteiger partial charge in [-0.3, -0.25) is 20.8 Å². The number of esters is 1. The third-order valence-electron chi connectivity index (χ3n) is 5.50. The molecule has 3 aromatic rings. The molecule has 0 saturated carbocycles. The zero-order valence-corrected chi connectivity index (χ0v) is 20.1. The molecule has 0 heterocycles. The number of fused-ring (bicyclic) bond motifs is 1. The van der Waals surface area contributed by atoms with Gasteiger partial charge in [0.05, 0.1) is 41.2 Å². The van der Waals surface area contributed by atoms with Crippen LogP contribution in [0.3, 0.4) is 0 Å². The summed E-state index contributed by atoms with van der Waals surface area (Å²) in [6.07, 6.45) is 1.24. The first-order valence-electron chi connectivity index (χ1n) is 10.8. The van der Waals surface area contributed by atoms with E-state index in [1.807, 2.05) is 19.9 Å². The highest BCUT2D eigenvalue weighted by molar-refractivity contribution is 6.08. The van der Waals surface area contributed by atoms with Gasteiger partial charge in [0.15, 0.2) is 0 Å². The molecule has 188 valence electrons. The van der Waals surface area contributed by atoms with E-state index in [4.69, 9.17) is 14.2 Å². The normalized spacial score (nSPS) is 11.4. The molecule has 0 aliphatic rings. The Bertz CT molecular complexity index is 1330. The first kappa shape index (κ1) is 26.1. The van der Waals surface area contributed by atoms with E-state index >= 15 is 0 Å². The van der Waals surface area contributed by atoms with Gasteiger partial charge in [-0.25, -0.2) is 4.79 Å². The summed E-state index contributed by atoms with van der Waals surface area (Å²) in [7, 11) is 2.82. The summed E-state index contributed by atoms with van der Waals surface area (Å²) in [5.74, 6) is -0.227. The zero-order valence-electron chi connectivity index (χ0n) is 20.1. The molecule has 0 amide bonds. The van der Waals surface area contributed by atoms with Crippen LogP contribution in [0, 0.1) is 15.0 Å². The molecule has 3 rings (SSSR count). The van der Waals surface area contributed by atoms with Crippen molar-refractivity contribution in [3.8, 4) is 11.5 Å². The summed E-state index contributed by atoms with van der Waals surface area (Å²) < 4.78 is 17.0. The highest BCUT2D eigenvalue weighted by Gasteiger charge is 2.27. The van der Waals surface area contributed by atoms with Gasteiger partial charge >= 0.3 is 5.97 Å². The molecule has 0 aliphatic carbocycles. The summed E-state index contributed by atoms with van der Waals surface area (Å²) in [6, 6.07) is 9.53. The number of nitro groups is 1. The molecule has 0 bridgehead atoms. The van der Waals surface area contributed by atoms with Crippen molar-refractivity contribution >= 4 is 33.8 Å². The lowest BCUT2D eigenvalue weighted by molar-refractivity contribution is -0.384. The van der Waals surface area contributed by atoms with E-state index in [1.165, 1.54) is 50.6 Å². The number of benzene rings is 3. The predicted molar refractivity (Wildman–Crippen MR) is 133 cm³/mol. The Labute approximate surface area is 206 Å². The fourth-order valence-electron chi connectivity index (χ4n) is 3.79. The molecule has 36 heavy (non-hydrogen) atoms. The molecule has 3 aromatic carbocycles. The van der Waals surface area contributed by atoms with Gasteiger partial charge in [0, 0.05) is 24.1 Å². The molecule has 0 unspecified atom stereocenters. The maximum absolute atomic E-state index is 13.0. The van der Waals surface area contributed by atoms with E-state index in [9.17, 15) is 25.0 Å². The molecule has 11 nitrogen and oxygen atoms in total. The van der Waals surface area contributed by atoms with Crippen molar-refractivity contribution in [2.75, 3.05) is 19.7 Å². The minimum Gasteiger partial charge on any atom is -0.496 e. The van der Waals surface area contributed by atoms with Crippen molar-refractivity contribution in [2.45, 2.75) is 26.4 Å². The molecule has 1 atom stereocenters. The minimum absolute atomic E-state index is 0.0312. The SMILES string of the molecule is COc1cc([C@H](CC=C(C)C)OC(=O)c2ccc([N+](=O)[O-])cc2)c(OC)c2c(N=O)ccc(NO)c12. The van der Waals surface area contributed by atoms with E-state index < -0.39 is 17.0 Å². The number of nitrogens with one attached hydrogen (secondary N) is 1. The Kier molecular flexibility index (Phi) is 8.18. The van der Waals surface area contributed by atoms with E-state index in [-0.39, 0.29) is 45.9 Å². The van der Waals surface area contributed by atoms with Crippen molar-refractivity contribution < 1.29 is 29.1 Å². The van der Waals surface area contributed by atoms with Crippen LogP contribution >= 0.6 is 0 Å². The zero-order chi connectivity index (χ0) is 26.4. The second-order valence-electron chi connectivity index (χ2n) is 8.00. The highest BCUT2D eigenvalue weighted by atomic mass is 16.6. The Morgan fingerprint density at radius 3 is 2.36 bits per heavy atom. The number of ether oxygens (including phenoxy) is 3. The van der Waals surface area contributed by atoms with Crippen molar-refractivity contribution in [3.05, 3.63) is 80.3 Å². The van der Waals surface area contributed by atoms with Crippen LogP contribution in [0.5, 0.6) is 11.5 Å². The van der Waals surface area contributed by atoms with Crippen LogP contribution in [0.1, 0.15) is 42.3 Å². The molecule has 0 spiro atoms. The van der Waals surface area contributed by atoms with E-state index in [1.54, 1.807) is 6.07 Å². The lowest BCUT2D eigenvalue weighted by Gasteiger charge is -2.23. The van der Waals surface area contributed by atoms with E-state index in [2.05, 4.69) is 10.7 Å². The monoisotopic (exact) mass is 495 g/mol. The predicted octanol–water partition coefficient (Wildman–Crippen LogP) is 6.22. The Morgan fingerprint density at radius 2 is 1.83 bits per heavy atom. The van der Waals surface area contributed by atoms with E-state index in [0.29, 0.717) is 10.9 Å². The second-order valence-corrected chi connectivity index (χ2v) is 8.00. The molecular formula is C25H25N3O8. The molecule has 0 saturated heterocycles. The average molecular weight is 495 g/mol. The molecule has 0 radical (unpaired) electrons. The lowest BCUT2D eigenvalue weighted by Crippen LogP contribution is -2.13. The third kappa shape index (κ3) is 5.26.